The van der Waals surface area contributed by atoms with E-state index in [-0.39, 0.29) is 67.1 Å². The van der Waals surface area contributed by atoms with E-state index in [0.717, 1.165) is 12.0 Å². The molecule has 4 heteroatoms. The van der Waals surface area contributed by atoms with Crippen LogP contribution in [0, 0.1) is 13.8 Å². The Morgan fingerprint density at radius 1 is 1.09 bits per heavy atom. The molecule has 1 radical (unpaired) electrons. The molecule has 0 aliphatic heterocycles. The molecule has 2 nitrogen and oxygen atoms in total. The second-order valence-electron chi connectivity index (χ2n) is 5.60. The zero-order valence-electron chi connectivity index (χ0n) is 13.3. The van der Waals surface area contributed by atoms with Crippen LogP contribution < -0.4 is 0 Å². The van der Waals surface area contributed by atoms with E-state index < -0.39 is 0 Å². The van der Waals surface area contributed by atoms with E-state index >= 15 is 0 Å². The first-order chi connectivity index (χ1) is 9.76. The monoisotopic (exact) mass is 560 g/mol. The molecule has 1 aromatic rings. The molecule has 127 valence electrons. The van der Waals surface area contributed by atoms with Crippen LogP contribution in [0.1, 0.15) is 67.8 Å². The van der Waals surface area contributed by atoms with Crippen LogP contribution in [0.25, 0.3) is 0 Å². The first-order valence-corrected chi connectivity index (χ1v) is 7.74. The van der Waals surface area contributed by atoms with Crippen molar-refractivity contribution in [3.8, 4) is 0 Å². The molecule has 1 aromatic carbocycles. The van der Waals surface area contributed by atoms with Crippen molar-refractivity contribution < 1.29 is 58.6 Å². The fourth-order valence-corrected chi connectivity index (χ4v) is 3.02. The zero-order valence-corrected chi connectivity index (χ0v) is 19.1. The molecule has 1 amide bonds. The van der Waals surface area contributed by atoms with Gasteiger partial charge in [-0.1, -0.05) is 38.8 Å². The fraction of sp³-hybridized carbons (Fsp3) is 0.526. The third-order valence-corrected chi connectivity index (χ3v) is 4.22. The summed E-state index contributed by atoms with van der Waals surface area (Å²) in [4.78, 5) is 14.1. The number of nitrogens with zero attached hydrogens (tertiary/aromatic N) is 1. The molecular weight excluding hydrogens is 531 g/mol. The van der Waals surface area contributed by atoms with Crippen molar-refractivity contribution in [2.45, 2.75) is 51.9 Å². The van der Waals surface area contributed by atoms with Gasteiger partial charge in [0.1, 0.15) is 0 Å². The fourth-order valence-electron chi connectivity index (χ4n) is 3.02. The number of amides is 1. The van der Waals surface area contributed by atoms with Crippen LogP contribution in [0.4, 0.5) is 0 Å². The van der Waals surface area contributed by atoms with E-state index in [0.29, 0.717) is 19.0 Å². The van der Waals surface area contributed by atoms with Crippen LogP contribution in [0.15, 0.2) is 24.3 Å². The van der Waals surface area contributed by atoms with Crippen LogP contribution in [0.2, 0.25) is 0 Å². The van der Waals surface area contributed by atoms with E-state index in [1.807, 2.05) is 12.1 Å². The van der Waals surface area contributed by atoms with Gasteiger partial charge in [-0.05, 0) is 43.0 Å². The molecule has 2 rings (SSSR count). The van der Waals surface area contributed by atoms with Crippen molar-refractivity contribution in [3.05, 3.63) is 49.2 Å². The van der Waals surface area contributed by atoms with Crippen molar-refractivity contribution in [3.63, 3.8) is 0 Å². The topological polar surface area (TPSA) is 20.3 Å². The van der Waals surface area contributed by atoms with Gasteiger partial charge in [0, 0.05) is 59.3 Å². The van der Waals surface area contributed by atoms with Crippen LogP contribution in [-0.2, 0) is 53.8 Å². The van der Waals surface area contributed by atoms with Gasteiger partial charge in [-0.2, -0.15) is 6.42 Å². The second-order valence-corrected chi connectivity index (χ2v) is 5.60. The van der Waals surface area contributed by atoms with Crippen LogP contribution in [-0.4, -0.2) is 23.9 Å². The van der Waals surface area contributed by atoms with Crippen molar-refractivity contribution in [1.29, 1.82) is 0 Å². The average Bonchev–Trinajstić information content (AvgIpc) is 2.53. The normalized spacial score (nSPS) is 14.0. The summed E-state index contributed by atoms with van der Waals surface area (Å²) in [6.07, 6.45) is 7.35. The predicted octanol–water partition coefficient (Wildman–Crippen LogP) is 4.87. The van der Waals surface area contributed by atoms with Crippen LogP contribution in [0.3, 0.4) is 0 Å². The third-order valence-electron chi connectivity index (χ3n) is 4.22. The minimum Gasteiger partial charge on any atom is -0.371 e. The van der Waals surface area contributed by atoms with E-state index in [9.17, 15) is 4.79 Å². The van der Waals surface area contributed by atoms with Gasteiger partial charge >= 0.3 is 0 Å². The molecule has 0 heterocycles. The maximum Gasteiger partial charge on any atom is 0.251 e. The molecule has 0 atom stereocenters. The number of carbonyl (C=O) groups excluding carboxylic acids is 1. The molecule has 23 heavy (non-hydrogen) atoms. The number of hydrogen-bond acceptors (Lipinski definition) is 1. The summed E-state index contributed by atoms with van der Waals surface area (Å²) in [5.74, 6) is 0.760. The number of carbonyl (C=O) groups is 1. The number of benzene rings is 1. The maximum atomic E-state index is 12.3. The summed E-state index contributed by atoms with van der Waals surface area (Å²) in [5, 5.41) is 0. The summed E-state index contributed by atoms with van der Waals surface area (Å²) < 4.78 is 0. The maximum absolute atomic E-state index is 12.3. The quantitative estimate of drug-likeness (QED) is 0.472. The summed E-state index contributed by atoms with van der Waals surface area (Å²) in [5.41, 5.74) is 2.15. The van der Waals surface area contributed by atoms with Gasteiger partial charge in [0.15, 0.2) is 0 Å². The van der Waals surface area contributed by atoms with Gasteiger partial charge in [-0.3, -0.25) is 4.79 Å². The molecule has 0 spiro atoms. The third kappa shape index (κ3) is 7.49. The first-order valence-electron chi connectivity index (χ1n) is 7.74. The van der Waals surface area contributed by atoms with Gasteiger partial charge in [0.25, 0.3) is 5.91 Å². The molecule has 1 fully saturated rings. The summed E-state index contributed by atoms with van der Waals surface area (Å²) in [6, 6.07) is 8.21. The second kappa shape index (κ2) is 13.7. The molecule has 1 aliphatic carbocycles. The van der Waals surface area contributed by atoms with E-state index in [1.165, 1.54) is 37.7 Å². The Morgan fingerprint density at radius 3 is 2.13 bits per heavy atom. The molecular formula is C19H29NOWY-2. The molecule has 0 bridgehead atoms. The average molecular weight is 560 g/mol. The Balaban J connectivity index is 0. The number of hydrogen-bond donors (Lipinski definition) is 0. The Morgan fingerprint density at radius 2 is 1.65 bits per heavy atom. The molecule has 0 unspecified atom stereocenters. The van der Waals surface area contributed by atoms with Crippen molar-refractivity contribution in [2.75, 3.05) is 13.1 Å². The first kappa shape index (κ1) is 25.7. The summed E-state index contributed by atoms with van der Waals surface area (Å²) in [7, 11) is 0. The Hall–Kier alpha value is 0.482. The number of rotatable bonds is 5. The van der Waals surface area contributed by atoms with Crippen molar-refractivity contribution >= 4 is 5.91 Å². The van der Waals surface area contributed by atoms with Crippen LogP contribution in [0.5, 0.6) is 0 Å². The Kier molecular flexibility index (Phi) is 15.4. The Labute approximate surface area is 182 Å². The molecule has 0 aromatic heterocycles. The largest absolute Gasteiger partial charge is 0.371 e. The predicted molar refractivity (Wildman–Crippen MR) is 90.2 cm³/mol. The van der Waals surface area contributed by atoms with Gasteiger partial charge < -0.3 is 18.7 Å². The van der Waals surface area contributed by atoms with E-state index in [2.05, 4.69) is 26.0 Å². The molecule has 0 N–H and O–H groups in total. The van der Waals surface area contributed by atoms with Crippen molar-refractivity contribution in [2.24, 2.45) is 0 Å². The minimum atomic E-state index is 0. The zero-order chi connectivity index (χ0) is 14.4. The van der Waals surface area contributed by atoms with Crippen LogP contribution >= 0.6 is 0 Å². The molecule has 0 saturated heterocycles. The van der Waals surface area contributed by atoms with Gasteiger partial charge in [-0.15, -0.1) is 6.54 Å². The summed E-state index contributed by atoms with van der Waals surface area (Å²) in [6.45, 7) is 8.79. The molecule has 1 aliphatic rings. The summed E-state index contributed by atoms with van der Waals surface area (Å²) >= 11 is 0. The molecule has 1 saturated carbocycles. The Bertz CT molecular complexity index is 430. The van der Waals surface area contributed by atoms with Gasteiger partial charge in [0.2, 0.25) is 0 Å². The minimum absolute atomic E-state index is 0. The standard InChI is InChI=1S/C18H25NO.CH4.W.Y/c1-3-14-19(4-2)18(20)17-12-10-16(11-13-17)15-8-6-5-7-9-15;;;/h10-13,15H,1-9,14H2;1H4;;/q-2;;;. The van der Waals surface area contributed by atoms with E-state index in [1.54, 1.807) is 4.90 Å². The van der Waals surface area contributed by atoms with Gasteiger partial charge in [0.05, 0.1) is 0 Å². The van der Waals surface area contributed by atoms with E-state index in [4.69, 9.17) is 0 Å². The van der Waals surface area contributed by atoms with Crippen molar-refractivity contribution in [1.82, 2.24) is 4.90 Å². The van der Waals surface area contributed by atoms with Gasteiger partial charge in [-0.25, -0.2) is 0 Å². The smallest absolute Gasteiger partial charge is 0.251 e. The SMILES string of the molecule is C.[CH2-]CCN(C[CH2-])C(=O)c1ccc(C2CCCCC2)cc1.[W].[Y].